The zero-order chi connectivity index (χ0) is 54.3. The lowest BCUT2D eigenvalue weighted by Crippen LogP contribution is -2.45. The number of unbranched alkanes of at least 4 members (excludes halogenated alkanes) is 46. The molecule has 0 aliphatic carbocycles. The van der Waals surface area contributed by atoms with Crippen LogP contribution >= 0.6 is 0 Å². The SMILES string of the molecule is CCCCCC/C=C\C/C=C\CCCCCCCC(=O)OCCCCCCCCCCCCCC/C=C\CCCCCCCCCCCCCCC(=O)NC(CO)C(O)CCCCCCCCCCCCCCCC. The molecule has 0 saturated heterocycles. The molecule has 0 spiro atoms. The first-order valence-electron chi connectivity index (χ1n) is 33.7. The molecule has 75 heavy (non-hydrogen) atoms. The lowest BCUT2D eigenvalue weighted by atomic mass is 10.0. The van der Waals surface area contributed by atoms with Crippen molar-refractivity contribution in [1.29, 1.82) is 0 Å². The Morgan fingerprint density at radius 2 is 0.667 bits per heavy atom. The molecule has 0 aliphatic heterocycles. The Bertz CT molecular complexity index is 1210. The molecular formula is C69H131NO5. The molecule has 0 aromatic rings. The van der Waals surface area contributed by atoms with Gasteiger partial charge in [0.2, 0.25) is 5.91 Å². The number of carbonyl (C=O) groups is 2. The number of ether oxygens (including phenoxy) is 1. The molecular weight excluding hydrogens is 923 g/mol. The summed E-state index contributed by atoms with van der Waals surface area (Å²) in [6.45, 7) is 4.95. The molecule has 0 saturated carbocycles. The third kappa shape index (κ3) is 61.2. The van der Waals surface area contributed by atoms with E-state index in [0.717, 1.165) is 51.4 Å². The quantitative estimate of drug-likeness (QED) is 0.0320. The van der Waals surface area contributed by atoms with Crippen molar-refractivity contribution in [3.63, 3.8) is 0 Å². The third-order valence-corrected chi connectivity index (χ3v) is 15.7. The summed E-state index contributed by atoms with van der Waals surface area (Å²) in [4.78, 5) is 24.6. The fourth-order valence-corrected chi connectivity index (χ4v) is 10.5. The Morgan fingerprint density at radius 3 is 1.04 bits per heavy atom. The summed E-state index contributed by atoms with van der Waals surface area (Å²) < 4.78 is 5.49. The van der Waals surface area contributed by atoms with Crippen molar-refractivity contribution in [2.45, 2.75) is 379 Å². The van der Waals surface area contributed by atoms with E-state index in [1.165, 1.54) is 283 Å². The first-order valence-corrected chi connectivity index (χ1v) is 33.7. The molecule has 0 fully saturated rings. The zero-order valence-electron chi connectivity index (χ0n) is 50.5. The lowest BCUT2D eigenvalue weighted by molar-refractivity contribution is -0.143. The van der Waals surface area contributed by atoms with Crippen LogP contribution in [0.3, 0.4) is 0 Å². The van der Waals surface area contributed by atoms with Crippen molar-refractivity contribution in [1.82, 2.24) is 5.32 Å². The molecule has 0 aliphatic rings. The molecule has 0 aromatic heterocycles. The number of hydrogen-bond acceptors (Lipinski definition) is 5. The van der Waals surface area contributed by atoms with Crippen LogP contribution in [0, 0.1) is 0 Å². The van der Waals surface area contributed by atoms with Crippen LogP contribution in [0.2, 0.25) is 0 Å². The van der Waals surface area contributed by atoms with Crippen molar-refractivity contribution in [3.05, 3.63) is 36.5 Å². The average Bonchev–Trinajstić information content (AvgIpc) is 3.41. The second-order valence-corrected chi connectivity index (χ2v) is 23.1. The van der Waals surface area contributed by atoms with E-state index in [1.807, 2.05) is 0 Å². The van der Waals surface area contributed by atoms with E-state index in [4.69, 9.17) is 4.74 Å². The number of carbonyl (C=O) groups excluding carboxylic acids is 2. The topological polar surface area (TPSA) is 95.9 Å². The van der Waals surface area contributed by atoms with Crippen LogP contribution in [-0.4, -0.2) is 47.4 Å². The summed E-state index contributed by atoms with van der Waals surface area (Å²) in [7, 11) is 0. The highest BCUT2D eigenvalue weighted by atomic mass is 16.5. The van der Waals surface area contributed by atoms with Gasteiger partial charge in [-0.2, -0.15) is 0 Å². The summed E-state index contributed by atoms with van der Waals surface area (Å²) in [6, 6.07) is -0.541. The van der Waals surface area contributed by atoms with E-state index < -0.39 is 12.1 Å². The zero-order valence-corrected chi connectivity index (χ0v) is 50.5. The summed E-state index contributed by atoms with van der Waals surface area (Å²) in [6.07, 6.45) is 81.8. The largest absolute Gasteiger partial charge is 0.466 e. The van der Waals surface area contributed by atoms with Gasteiger partial charge in [-0.25, -0.2) is 0 Å². The fourth-order valence-electron chi connectivity index (χ4n) is 10.5. The van der Waals surface area contributed by atoms with Crippen molar-refractivity contribution in [3.8, 4) is 0 Å². The van der Waals surface area contributed by atoms with Gasteiger partial charge in [0.25, 0.3) is 0 Å². The predicted octanol–water partition coefficient (Wildman–Crippen LogP) is 21.5. The Labute approximate surface area is 468 Å². The standard InChI is InChI=1S/C69H131NO5/c1-3-5-7-9-11-13-15-17-19-35-39-43-47-51-55-59-63-69(74)75-64-60-56-52-48-44-40-36-33-31-29-27-25-23-21-20-22-24-26-28-30-32-34-38-42-46-50-54-58-62-68(73)70-66(65-71)67(72)61-57-53-49-45-41-37-18-16-14-12-10-8-6-4-2/h13,15,19-21,35,66-67,71-72H,3-12,14,16-18,22-34,36-65H2,1-2H3,(H,70,73)/b15-13-,21-20-,35-19-. The van der Waals surface area contributed by atoms with Crippen molar-refractivity contribution >= 4 is 11.9 Å². The summed E-state index contributed by atoms with van der Waals surface area (Å²) >= 11 is 0. The Balaban J connectivity index is 3.37. The molecule has 0 heterocycles. The molecule has 3 N–H and O–H groups in total. The maximum atomic E-state index is 12.5. The van der Waals surface area contributed by atoms with E-state index >= 15 is 0 Å². The molecule has 2 atom stereocenters. The minimum Gasteiger partial charge on any atom is -0.466 e. The van der Waals surface area contributed by atoms with Gasteiger partial charge in [-0.1, -0.05) is 307 Å². The second-order valence-electron chi connectivity index (χ2n) is 23.1. The smallest absolute Gasteiger partial charge is 0.305 e. The monoisotopic (exact) mass is 1050 g/mol. The normalized spacial score (nSPS) is 12.7. The molecule has 442 valence electrons. The number of allylic oxidation sites excluding steroid dienone is 6. The number of amides is 1. The van der Waals surface area contributed by atoms with E-state index in [2.05, 4.69) is 55.6 Å². The van der Waals surface area contributed by atoms with E-state index in [1.54, 1.807) is 0 Å². The van der Waals surface area contributed by atoms with Gasteiger partial charge in [-0.15, -0.1) is 0 Å². The molecule has 0 rings (SSSR count). The van der Waals surface area contributed by atoms with Crippen LogP contribution in [0.4, 0.5) is 0 Å². The number of nitrogens with one attached hydrogen (secondary N) is 1. The van der Waals surface area contributed by atoms with Gasteiger partial charge in [0.15, 0.2) is 0 Å². The van der Waals surface area contributed by atoms with Crippen molar-refractivity contribution < 1.29 is 24.5 Å². The number of esters is 1. The van der Waals surface area contributed by atoms with Crippen LogP contribution in [0.1, 0.15) is 367 Å². The van der Waals surface area contributed by atoms with Gasteiger partial charge in [0, 0.05) is 12.8 Å². The Morgan fingerprint density at radius 1 is 0.373 bits per heavy atom. The maximum absolute atomic E-state index is 12.5. The second kappa shape index (κ2) is 64.6. The van der Waals surface area contributed by atoms with Crippen LogP contribution in [-0.2, 0) is 14.3 Å². The highest BCUT2D eigenvalue weighted by Gasteiger charge is 2.20. The van der Waals surface area contributed by atoms with Crippen LogP contribution in [0.5, 0.6) is 0 Å². The van der Waals surface area contributed by atoms with E-state index in [-0.39, 0.29) is 18.5 Å². The molecule has 6 nitrogen and oxygen atoms in total. The number of hydrogen-bond donors (Lipinski definition) is 3. The summed E-state index contributed by atoms with van der Waals surface area (Å²) in [5.74, 6) is -0.0307. The first kappa shape index (κ1) is 73.1. The number of aliphatic hydroxyl groups is 2. The number of aliphatic hydroxyl groups excluding tert-OH is 2. The maximum Gasteiger partial charge on any atom is 0.305 e. The van der Waals surface area contributed by atoms with Gasteiger partial charge < -0.3 is 20.3 Å². The van der Waals surface area contributed by atoms with Gasteiger partial charge in [-0.3, -0.25) is 9.59 Å². The Hall–Kier alpha value is -1.92. The summed E-state index contributed by atoms with van der Waals surface area (Å²) in [5, 5.41) is 23.3. The van der Waals surface area contributed by atoms with Crippen molar-refractivity contribution in [2.75, 3.05) is 13.2 Å². The molecule has 0 aromatic carbocycles. The van der Waals surface area contributed by atoms with Gasteiger partial charge in [-0.05, 0) is 83.5 Å². The molecule has 0 radical (unpaired) electrons. The minimum atomic E-state index is -0.664. The van der Waals surface area contributed by atoms with Gasteiger partial charge in [0.05, 0.1) is 25.4 Å². The van der Waals surface area contributed by atoms with Crippen LogP contribution < -0.4 is 5.32 Å². The predicted molar refractivity (Wildman–Crippen MR) is 329 cm³/mol. The average molecular weight is 1050 g/mol. The van der Waals surface area contributed by atoms with Gasteiger partial charge >= 0.3 is 5.97 Å². The highest BCUT2D eigenvalue weighted by Crippen LogP contribution is 2.18. The number of rotatable bonds is 63. The molecule has 0 bridgehead atoms. The molecule has 6 heteroatoms. The summed E-state index contributed by atoms with van der Waals surface area (Å²) in [5.41, 5.74) is 0. The molecule has 2 unspecified atom stereocenters. The third-order valence-electron chi connectivity index (χ3n) is 15.7. The van der Waals surface area contributed by atoms with E-state index in [9.17, 15) is 19.8 Å². The Kier molecular flexibility index (Phi) is 63.0. The lowest BCUT2D eigenvalue weighted by Gasteiger charge is -2.22. The minimum absolute atomic E-state index is 0.00258. The van der Waals surface area contributed by atoms with Crippen LogP contribution in [0.25, 0.3) is 0 Å². The first-order chi connectivity index (χ1) is 37.0. The van der Waals surface area contributed by atoms with E-state index in [0.29, 0.717) is 25.9 Å². The van der Waals surface area contributed by atoms with Crippen LogP contribution in [0.15, 0.2) is 36.5 Å². The molecule has 1 amide bonds. The highest BCUT2D eigenvalue weighted by molar-refractivity contribution is 5.76. The van der Waals surface area contributed by atoms with Gasteiger partial charge in [0.1, 0.15) is 0 Å². The van der Waals surface area contributed by atoms with Crippen molar-refractivity contribution in [2.24, 2.45) is 0 Å². The fraction of sp³-hybridized carbons (Fsp3) is 0.884.